The predicted molar refractivity (Wildman–Crippen MR) is 172 cm³/mol. The summed E-state index contributed by atoms with van der Waals surface area (Å²) in [5, 5.41) is 0. The van der Waals surface area contributed by atoms with Crippen LogP contribution in [0, 0.1) is 0 Å². The van der Waals surface area contributed by atoms with Gasteiger partial charge in [0.2, 0.25) is 0 Å². The fourth-order valence-corrected chi connectivity index (χ4v) is 6.00. The molecule has 0 aliphatic heterocycles. The van der Waals surface area contributed by atoms with E-state index in [1.807, 2.05) is 54.6 Å². The van der Waals surface area contributed by atoms with Crippen LogP contribution < -0.4 is 14.2 Å². The zero-order valence-corrected chi connectivity index (χ0v) is 29.0. The van der Waals surface area contributed by atoms with Crippen LogP contribution in [0.15, 0.2) is 118 Å². The molecule has 0 N–H and O–H groups in total. The van der Waals surface area contributed by atoms with E-state index in [0.717, 1.165) is 26.8 Å². The Morgan fingerprint density at radius 1 is 0.333 bits per heavy atom. The van der Waals surface area contributed by atoms with Crippen molar-refractivity contribution in [2.45, 2.75) is 0 Å². The minimum absolute atomic E-state index is 0.0477. The van der Waals surface area contributed by atoms with E-state index < -0.39 is 0 Å². The van der Waals surface area contributed by atoms with Crippen LogP contribution in [0.4, 0.5) is 0 Å². The van der Waals surface area contributed by atoms with Crippen molar-refractivity contribution in [3.8, 4) is 35.3 Å². The van der Waals surface area contributed by atoms with Crippen LogP contribution in [0.25, 0.3) is 0 Å². The minimum atomic E-state index is 0.0477. The van der Waals surface area contributed by atoms with Crippen molar-refractivity contribution >= 4 is 95.6 Å². The summed E-state index contributed by atoms with van der Waals surface area (Å²) < 4.78 is 23.3. The van der Waals surface area contributed by atoms with Gasteiger partial charge in [0.1, 0.15) is 17.2 Å². The number of benzene rings is 4. The average molecular weight is 909 g/mol. The molecule has 0 radical (unpaired) electrons. The molecule has 0 atom stereocenters. The Balaban J connectivity index is 0.000000333. The van der Waals surface area contributed by atoms with Gasteiger partial charge in [-0.15, -0.1) is 15.0 Å². The maximum atomic E-state index is 5.77. The third-order valence-electron chi connectivity index (χ3n) is 4.47. The standard InChI is InChI=1S/C21H12Br3N3O3.C6H3Br3/c22-13-1-7-16(8-2-13)28-19-25-20(29-17-9-3-14(23)4-10-17)27-21(26-19)30-18-11-5-15(24)6-12-18;7-4-1-5(8)3-6(9)2-4/h1-12H;1-3H. The van der Waals surface area contributed by atoms with Gasteiger partial charge >= 0.3 is 18.0 Å². The van der Waals surface area contributed by atoms with E-state index in [-0.39, 0.29) is 18.0 Å². The molecule has 0 spiro atoms. The van der Waals surface area contributed by atoms with Crippen LogP contribution in [0.1, 0.15) is 0 Å². The van der Waals surface area contributed by atoms with E-state index in [4.69, 9.17) is 14.2 Å². The van der Waals surface area contributed by atoms with Gasteiger partial charge in [0, 0.05) is 26.8 Å². The highest BCUT2D eigenvalue weighted by atomic mass is 79.9. The smallest absolute Gasteiger partial charge is 0.331 e. The highest BCUT2D eigenvalue weighted by molar-refractivity contribution is 9.12. The Hall–Kier alpha value is -1.83. The van der Waals surface area contributed by atoms with E-state index in [1.54, 1.807) is 36.4 Å². The molecule has 0 unspecified atom stereocenters. The summed E-state index contributed by atoms with van der Waals surface area (Å²) in [5.41, 5.74) is 0. The summed E-state index contributed by atoms with van der Waals surface area (Å²) in [6, 6.07) is 28.0. The number of ether oxygens (including phenoxy) is 3. The molecule has 6 nitrogen and oxygen atoms in total. The molecule has 0 aliphatic carbocycles. The number of hydrogen-bond acceptors (Lipinski definition) is 6. The largest absolute Gasteiger partial charge is 0.424 e. The van der Waals surface area contributed by atoms with Gasteiger partial charge in [0.15, 0.2) is 0 Å². The van der Waals surface area contributed by atoms with Crippen LogP contribution in [0.2, 0.25) is 0 Å². The fourth-order valence-electron chi connectivity index (χ4n) is 2.80. The Morgan fingerprint density at radius 2 is 0.564 bits per heavy atom. The van der Waals surface area contributed by atoms with E-state index in [1.165, 1.54) is 0 Å². The third-order valence-corrected chi connectivity index (χ3v) is 7.43. The molecule has 0 bridgehead atoms. The monoisotopic (exact) mass is 903 g/mol. The van der Waals surface area contributed by atoms with Crippen molar-refractivity contribution in [3.63, 3.8) is 0 Å². The molecule has 5 aromatic rings. The summed E-state index contributed by atoms with van der Waals surface area (Å²) in [7, 11) is 0. The van der Waals surface area contributed by atoms with E-state index in [0.29, 0.717) is 17.2 Å². The lowest BCUT2D eigenvalue weighted by Gasteiger charge is -2.10. The molecule has 0 aliphatic rings. The molecule has 4 aromatic carbocycles. The quantitative estimate of drug-likeness (QED) is 0.169. The molecule has 39 heavy (non-hydrogen) atoms. The lowest BCUT2D eigenvalue weighted by Crippen LogP contribution is -2.01. The molecule has 5 rings (SSSR count). The molecule has 0 saturated heterocycles. The zero-order chi connectivity index (χ0) is 27.8. The first-order valence-corrected chi connectivity index (χ1v) is 15.7. The second-order valence-corrected chi connectivity index (χ2v) is 12.9. The summed E-state index contributed by atoms with van der Waals surface area (Å²) in [6.45, 7) is 0. The first-order valence-electron chi connectivity index (χ1n) is 10.9. The Morgan fingerprint density at radius 3 is 0.795 bits per heavy atom. The topological polar surface area (TPSA) is 66.4 Å². The second-order valence-electron chi connectivity index (χ2n) is 7.44. The highest BCUT2D eigenvalue weighted by Crippen LogP contribution is 2.28. The van der Waals surface area contributed by atoms with E-state index in [2.05, 4.69) is 111 Å². The van der Waals surface area contributed by atoms with Crippen LogP contribution in [0.5, 0.6) is 35.3 Å². The number of halogens is 6. The van der Waals surface area contributed by atoms with Gasteiger partial charge in [-0.2, -0.15) is 0 Å². The molecule has 1 heterocycles. The number of nitrogens with zero attached hydrogens (tertiary/aromatic N) is 3. The fraction of sp³-hybridized carbons (Fsp3) is 0. The Bertz CT molecular complexity index is 1330. The van der Waals surface area contributed by atoms with Gasteiger partial charge in [0.05, 0.1) is 0 Å². The van der Waals surface area contributed by atoms with Crippen LogP contribution in [-0.4, -0.2) is 15.0 Å². The van der Waals surface area contributed by atoms with Crippen LogP contribution >= 0.6 is 95.6 Å². The first-order chi connectivity index (χ1) is 18.7. The summed E-state index contributed by atoms with van der Waals surface area (Å²) in [4.78, 5) is 12.7. The Labute approximate surface area is 275 Å². The molecular weight excluding hydrogens is 894 g/mol. The van der Waals surface area contributed by atoms with Crippen molar-refractivity contribution < 1.29 is 14.2 Å². The molecule has 0 amide bonds. The Kier molecular flexibility index (Phi) is 11.4. The summed E-state index contributed by atoms with van der Waals surface area (Å²) in [6.07, 6.45) is 0. The average Bonchev–Trinajstić information content (AvgIpc) is 2.88. The SMILES string of the molecule is Brc1cc(Br)cc(Br)c1.Brc1ccc(Oc2nc(Oc3ccc(Br)cc3)nc(Oc3ccc(Br)cc3)n2)cc1. The highest BCUT2D eigenvalue weighted by Gasteiger charge is 2.13. The molecule has 198 valence electrons. The lowest BCUT2D eigenvalue weighted by atomic mass is 10.3. The maximum absolute atomic E-state index is 5.77. The van der Waals surface area contributed by atoms with E-state index in [9.17, 15) is 0 Å². The van der Waals surface area contributed by atoms with Gasteiger partial charge in [-0.1, -0.05) is 95.6 Å². The number of aromatic nitrogens is 3. The van der Waals surface area contributed by atoms with Crippen LogP contribution in [0.3, 0.4) is 0 Å². The van der Waals surface area contributed by atoms with Gasteiger partial charge < -0.3 is 14.2 Å². The molecular formula is C27H15Br6N3O3. The van der Waals surface area contributed by atoms with Crippen molar-refractivity contribution in [3.05, 3.63) is 118 Å². The first kappa shape index (κ1) is 30.1. The second kappa shape index (κ2) is 14.7. The third kappa shape index (κ3) is 10.3. The van der Waals surface area contributed by atoms with Crippen LogP contribution in [-0.2, 0) is 0 Å². The van der Waals surface area contributed by atoms with Crippen molar-refractivity contribution in [1.82, 2.24) is 15.0 Å². The predicted octanol–water partition coefficient (Wildman–Crippen LogP) is 11.5. The van der Waals surface area contributed by atoms with E-state index >= 15 is 0 Å². The molecule has 12 heteroatoms. The number of hydrogen-bond donors (Lipinski definition) is 0. The maximum Gasteiger partial charge on any atom is 0.331 e. The van der Waals surface area contributed by atoms with Crippen molar-refractivity contribution in [1.29, 1.82) is 0 Å². The van der Waals surface area contributed by atoms with Gasteiger partial charge in [-0.25, -0.2) is 0 Å². The summed E-state index contributed by atoms with van der Waals surface area (Å²) >= 11 is 20.2. The normalized spacial score (nSPS) is 10.3. The van der Waals surface area contributed by atoms with Crippen molar-refractivity contribution in [2.24, 2.45) is 0 Å². The molecule has 0 saturated carbocycles. The summed E-state index contributed by atoms with van der Waals surface area (Å²) in [5.74, 6) is 1.69. The minimum Gasteiger partial charge on any atom is -0.424 e. The van der Waals surface area contributed by atoms with Gasteiger partial charge in [0.25, 0.3) is 0 Å². The zero-order valence-electron chi connectivity index (χ0n) is 19.5. The van der Waals surface area contributed by atoms with Gasteiger partial charge in [-0.05, 0) is 91.0 Å². The number of rotatable bonds is 6. The van der Waals surface area contributed by atoms with Gasteiger partial charge in [-0.3, -0.25) is 0 Å². The lowest BCUT2D eigenvalue weighted by molar-refractivity contribution is 0.362. The molecule has 1 aromatic heterocycles. The van der Waals surface area contributed by atoms with Crippen molar-refractivity contribution in [2.75, 3.05) is 0 Å². The molecule has 0 fully saturated rings.